The lowest BCUT2D eigenvalue weighted by Crippen LogP contribution is -2.30. The predicted molar refractivity (Wildman–Crippen MR) is 428 cm³/mol. The predicted octanol–water partition coefficient (Wildman–Crippen LogP) is 25.8. The summed E-state index contributed by atoms with van der Waals surface area (Å²) < 4.78 is 68.9. The number of rotatable bonds is 84. The van der Waals surface area contributed by atoms with Crippen molar-refractivity contribution in [3.05, 3.63) is 0 Å². The molecule has 0 saturated heterocycles. The van der Waals surface area contributed by atoms with Crippen molar-refractivity contribution in [2.24, 2.45) is 11.8 Å². The summed E-state index contributed by atoms with van der Waals surface area (Å²) in [5.41, 5.74) is 0. The van der Waals surface area contributed by atoms with E-state index in [2.05, 4.69) is 41.5 Å². The van der Waals surface area contributed by atoms with E-state index in [1.807, 2.05) is 0 Å². The van der Waals surface area contributed by atoms with Gasteiger partial charge in [-0.15, -0.1) is 0 Å². The number of phosphoric acid groups is 2. The van der Waals surface area contributed by atoms with Crippen LogP contribution in [0, 0.1) is 11.8 Å². The number of hydrogen-bond donors (Lipinski definition) is 3. The second kappa shape index (κ2) is 76.4. The van der Waals surface area contributed by atoms with E-state index in [4.69, 9.17) is 37.0 Å². The van der Waals surface area contributed by atoms with Gasteiger partial charge in [0.25, 0.3) is 0 Å². The average molecular weight is 1520 g/mol. The molecule has 0 aromatic carbocycles. The molecule has 0 fully saturated rings. The van der Waals surface area contributed by atoms with Crippen molar-refractivity contribution in [3.8, 4) is 0 Å². The third-order valence-corrected chi connectivity index (χ3v) is 22.2. The molecule has 0 aromatic rings. The first-order chi connectivity index (χ1) is 50.4. The van der Waals surface area contributed by atoms with E-state index in [9.17, 15) is 43.2 Å². The number of esters is 4. The van der Waals surface area contributed by atoms with E-state index in [1.54, 1.807) is 0 Å². The second-order valence-corrected chi connectivity index (χ2v) is 34.2. The first-order valence-electron chi connectivity index (χ1n) is 44.0. The van der Waals surface area contributed by atoms with Gasteiger partial charge in [-0.05, 0) is 37.5 Å². The van der Waals surface area contributed by atoms with Gasteiger partial charge in [-0.2, -0.15) is 0 Å². The number of aliphatic hydroxyl groups excluding tert-OH is 1. The van der Waals surface area contributed by atoms with Gasteiger partial charge in [0, 0.05) is 25.7 Å². The first kappa shape index (κ1) is 102. The Labute approximate surface area is 638 Å². The van der Waals surface area contributed by atoms with Crippen LogP contribution in [0.2, 0.25) is 0 Å². The van der Waals surface area contributed by atoms with Gasteiger partial charge >= 0.3 is 39.5 Å². The quantitative estimate of drug-likeness (QED) is 0.0222. The molecular weight excluding hydrogens is 1350 g/mol. The van der Waals surface area contributed by atoms with Gasteiger partial charge in [-0.25, -0.2) is 9.13 Å². The summed E-state index contributed by atoms with van der Waals surface area (Å²) in [7, 11) is -9.93. The van der Waals surface area contributed by atoms with E-state index in [-0.39, 0.29) is 25.7 Å². The SMILES string of the molecule is CCCCCCCCCCCCCCCCCCCCCC(=O)O[C@H](COC(=O)CCCCCCCCCCCCCCCCC(C)CC)COP(=O)(O)OC[C@@H](O)COP(=O)(O)OC[C@@H](COC(=O)CCCCCCCCCCCCCC)OC(=O)CCCCCCCCCCCCCCC(C)C. The van der Waals surface area contributed by atoms with Crippen LogP contribution < -0.4 is 0 Å². The van der Waals surface area contributed by atoms with Crippen molar-refractivity contribution >= 4 is 39.5 Å². The van der Waals surface area contributed by atoms with Gasteiger partial charge in [0.05, 0.1) is 26.4 Å². The fourth-order valence-electron chi connectivity index (χ4n) is 13.2. The molecule has 17 nitrogen and oxygen atoms in total. The number of carbonyl (C=O) groups excluding carboxylic acids is 4. The van der Waals surface area contributed by atoms with Crippen LogP contribution in [0.1, 0.15) is 452 Å². The van der Waals surface area contributed by atoms with Crippen molar-refractivity contribution in [2.75, 3.05) is 39.6 Å². The zero-order valence-corrected chi connectivity index (χ0v) is 70.1. The van der Waals surface area contributed by atoms with Gasteiger partial charge in [0.1, 0.15) is 19.3 Å². The molecule has 0 bridgehead atoms. The molecule has 618 valence electrons. The third-order valence-electron chi connectivity index (χ3n) is 20.3. The van der Waals surface area contributed by atoms with Gasteiger partial charge in [0.2, 0.25) is 0 Å². The summed E-state index contributed by atoms with van der Waals surface area (Å²) in [5.74, 6) is -0.474. The minimum Gasteiger partial charge on any atom is -0.462 e. The number of unbranched alkanes of at least 4 members (excludes halogenated alkanes) is 53. The summed E-state index contributed by atoms with van der Waals surface area (Å²) in [6.07, 6.45) is 67.8. The average Bonchev–Trinajstić information content (AvgIpc) is 0.906. The smallest absolute Gasteiger partial charge is 0.462 e. The molecule has 0 aromatic heterocycles. The molecule has 0 rings (SSSR count). The van der Waals surface area contributed by atoms with E-state index in [1.165, 1.54) is 270 Å². The summed E-state index contributed by atoms with van der Waals surface area (Å²) in [6, 6.07) is 0. The number of hydrogen-bond acceptors (Lipinski definition) is 15. The number of carbonyl (C=O) groups is 4. The Morgan fingerprint density at radius 3 is 0.731 bits per heavy atom. The molecule has 0 saturated carbocycles. The Kier molecular flexibility index (Phi) is 75.0. The van der Waals surface area contributed by atoms with Crippen molar-refractivity contribution in [1.29, 1.82) is 0 Å². The lowest BCUT2D eigenvalue weighted by atomic mass is 9.99. The lowest BCUT2D eigenvalue weighted by Gasteiger charge is -2.21. The van der Waals surface area contributed by atoms with Crippen LogP contribution in [0.4, 0.5) is 0 Å². The Hall–Kier alpha value is -1.94. The molecular formula is C85H166O17P2. The molecule has 3 N–H and O–H groups in total. The van der Waals surface area contributed by atoms with Crippen molar-refractivity contribution in [1.82, 2.24) is 0 Å². The maximum Gasteiger partial charge on any atom is 0.472 e. The highest BCUT2D eigenvalue weighted by Gasteiger charge is 2.30. The highest BCUT2D eigenvalue weighted by Crippen LogP contribution is 2.45. The molecule has 104 heavy (non-hydrogen) atoms. The highest BCUT2D eigenvalue weighted by atomic mass is 31.2. The van der Waals surface area contributed by atoms with Crippen molar-refractivity contribution in [2.45, 2.75) is 471 Å². The molecule has 3 unspecified atom stereocenters. The Bertz CT molecular complexity index is 2000. The summed E-state index contributed by atoms with van der Waals surface area (Å²) in [5, 5.41) is 10.7. The van der Waals surface area contributed by atoms with E-state index in [0.29, 0.717) is 25.7 Å². The van der Waals surface area contributed by atoms with Gasteiger partial charge < -0.3 is 33.8 Å². The molecule has 19 heteroatoms. The maximum atomic E-state index is 13.1. The van der Waals surface area contributed by atoms with E-state index in [0.717, 1.165) is 102 Å². The van der Waals surface area contributed by atoms with Crippen LogP contribution in [0.15, 0.2) is 0 Å². The van der Waals surface area contributed by atoms with Crippen LogP contribution >= 0.6 is 15.6 Å². The van der Waals surface area contributed by atoms with Crippen molar-refractivity contribution in [3.63, 3.8) is 0 Å². The minimum absolute atomic E-state index is 0.107. The highest BCUT2D eigenvalue weighted by molar-refractivity contribution is 7.47. The second-order valence-electron chi connectivity index (χ2n) is 31.3. The first-order valence-corrected chi connectivity index (χ1v) is 47.0. The molecule has 0 aliphatic carbocycles. The zero-order chi connectivity index (χ0) is 76.4. The van der Waals surface area contributed by atoms with Crippen LogP contribution in [0.5, 0.6) is 0 Å². The van der Waals surface area contributed by atoms with E-state index < -0.39 is 97.5 Å². The Morgan fingerprint density at radius 2 is 0.490 bits per heavy atom. The zero-order valence-electron chi connectivity index (χ0n) is 68.3. The molecule has 6 atom stereocenters. The largest absolute Gasteiger partial charge is 0.472 e. The third kappa shape index (κ3) is 76.8. The van der Waals surface area contributed by atoms with Crippen LogP contribution in [-0.2, 0) is 65.4 Å². The Morgan fingerprint density at radius 1 is 0.279 bits per heavy atom. The monoisotopic (exact) mass is 1520 g/mol. The number of phosphoric ester groups is 2. The fourth-order valence-corrected chi connectivity index (χ4v) is 14.8. The summed E-state index contributed by atoms with van der Waals surface area (Å²) in [4.78, 5) is 73.2. The van der Waals surface area contributed by atoms with Gasteiger partial charge in [0.15, 0.2) is 12.2 Å². The van der Waals surface area contributed by atoms with E-state index >= 15 is 0 Å². The number of aliphatic hydroxyl groups is 1. The molecule has 0 radical (unpaired) electrons. The van der Waals surface area contributed by atoms with Crippen LogP contribution in [0.25, 0.3) is 0 Å². The Balaban J connectivity index is 5.26. The minimum atomic E-state index is -4.97. The molecule has 0 amide bonds. The topological polar surface area (TPSA) is 237 Å². The normalized spacial score (nSPS) is 14.1. The maximum absolute atomic E-state index is 13.1. The van der Waals surface area contributed by atoms with Crippen LogP contribution in [0.3, 0.4) is 0 Å². The summed E-state index contributed by atoms with van der Waals surface area (Å²) >= 11 is 0. The molecule has 0 aliphatic heterocycles. The molecule has 0 heterocycles. The molecule has 0 aliphatic rings. The lowest BCUT2D eigenvalue weighted by molar-refractivity contribution is -0.161. The summed E-state index contributed by atoms with van der Waals surface area (Å²) in [6.45, 7) is 9.73. The van der Waals surface area contributed by atoms with Crippen molar-refractivity contribution < 1.29 is 80.2 Å². The standard InChI is InChI=1S/C85H166O17P2/c1-7-10-12-14-16-18-20-22-23-24-25-26-27-32-39-45-51-57-63-69-84(89)101-81(74-96-83(88)68-62-56-50-44-38-31-29-28-30-36-42-48-54-60-66-78(6)9-3)76-100-104(93,94)98-72-79(86)71-97-103(91,92)99-75-80(73-95-82(87)67-61-55-49-43-37-21-19-17-15-13-11-8-2)102-85(90)70-64-58-52-46-40-34-33-35-41-47-53-59-65-77(4)5/h77-81,86H,7-76H2,1-6H3,(H,91,92)(H,93,94)/t78?,79-,80+,81+/m0/s1. The fraction of sp³-hybridized carbons (Fsp3) is 0.953. The van der Waals surface area contributed by atoms with Gasteiger partial charge in [-0.3, -0.25) is 37.3 Å². The molecule has 0 spiro atoms. The van der Waals surface area contributed by atoms with Gasteiger partial charge in [-0.1, -0.05) is 401 Å². The van der Waals surface area contributed by atoms with Crippen LogP contribution in [-0.4, -0.2) is 96.7 Å². The number of ether oxygens (including phenoxy) is 4.